The summed E-state index contributed by atoms with van der Waals surface area (Å²) in [5.41, 5.74) is -0.528. The summed E-state index contributed by atoms with van der Waals surface area (Å²) in [7, 11) is -4.46. The Hall–Kier alpha value is -0.700. The first-order chi connectivity index (χ1) is 5.84. The van der Waals surface area contributed by atoms with Gasteiger partial charge in [-0.25, -0.2) is 0 Å². The molecule has 1 N–H and O–H groups in total. The van der Waals surface area contributed by atoms with Crippen LogP contribution in [-0.2, 0) is 10.1 Å². The molecule has 0 fully saturated rings. The number of nitrogens with zero attached hydrogens (tertiary/aromatic N) is 1. The molecule has 1 rings (SSSR count). The Morgan fingerprint density at radius 2 is 2.15 bits per heavy atom. The Labute approximate surface area is 81.7 Å². The fourth-order valence-corrected chi connectivity index (χ4v) is 2.82. The molecule has 0 aliphatic carbocycles. The van der Waals surface area contributed by atoms with Crippen LogP contribution in [-0.4, -0.2) is 17.9 Å². The summed E-state index contributed by atoms with van der Waals surface area (Å²) in [5, 5.41) is 10.6. The average Bonchev–Trinajstić information content (AvgIpc) is 2.28. The molecule has 0 bridgehead atoms. The molecule has 9 heteroatoms. The van der Waals surface area contributed by atoms with E-state index in [1.807, 2.05) is 0 Å². The maximum atomic E-state index is 10.5. The lowest BCUT2D eigenvalue weighted by Gasteiger charge is -1.90. The summed E-state index contributed by atoms with van der Waals surface area (Å²) in [6.45, 7) is 0. The second-order valence-corrected chi connectivity index (χ2v) is 4.83. The van der Waals surface area contributed by atoms with Crippen molar-refractivity contribution in [3.05, 3.63) is 20.5 Å². The van der Waals surface area contributed by atoms with E-state index in [1.54, 1.807) is 0 Å². The Morgan fingerprint density at radius 1 is 1.62 bits per heavy atom. The molecule has 13 heavy (non-hydrogen) atoms. The van der Waals surface area contributed by atoms with Crippen LogP contribution in [0.15, 0.2) is 9.59 Å². The van der Waals surface area contributed by atoms with Crippen molar-refractivity contribution >= 4 is 38.7 Å². The predicted octanol–water partition coefficient (Wildman–Crippen LogP) is 1.56. The smallest absolute Gasteiger partial charge is 0.281 e. The molecule has 0 aliphatic rings. The van der Waals surface area contributed by atoms with Gasteiger partial charge in [0, 0.05) is 0 Å². The molecule has 0 saturated carbocycles. The third-order valence-electron chi connectivity index (χ3n) is 1.11. The quantitative estimate of drug-likeness (QED) is 0.483. The fraction of sp³-hybridized carbons (Fsp3) is 0. The van der Waals surface area contributed by atoms with Gasteiger partial charge in [0.2, 0.25) is 0 Å². The molecule has 1 heterocycles. The lowest BCUT2D eigenvalue weighted by Crippen LogP contribution is -1.95. The molecular weight excluding hydrogens is 242 g/mol. The largest absolute Gasteiger partial charge is 0.305 e. The van der Waals surface area contributed by atoms with Crippen molar-refractivity contribution in [2.45, 2.75) is 4.21 Å². The minimum absolute atomic E-state index is 0.500. The van der Waals surface area contributed by atoms with Gasteiger partial charge in [0.1, 0.15) is 0 Å². The molecule has 1 aromatic rings. The van der Waals surface area contributed by atoms with Gasteiger partial charge in [-0.2, -0.15) is 8.42 Å². The third kappa shape index (κ3) is 1.97. The first-order valence-electron chi connectivity index (χ1n) is 2.73. The summed E-state index contributed by atoms with van der Waals surface area (Å²) >= 11 is 5.83. The van der Waals surface area contributed by atoms with E-state index in [-0.39, 0.29) is 0 Å². The van der Waals surface area contributed by atoms with Crippen LogP contribution in [0.4, 0.5) is 5.69 Å². The molecule has 0 amide bonds. The van der Waals surface area contributed by atoms with Crippen molar-refractivity contribution in [1.82, 2.24) is 0 Å². The van der Waals surface area contributed by atoms with Crippen LogP contribution in [0, 0.1) is 10.1 Å². The third-order valence-corrected chi connectivity index (χ3v) is 4.07. The van der Waals surface area contributed by atoms with E-state index >= 15 is 0 Å². The number of hydrogen-bond donors (Lipinski definition) is 1. The van der Waals surface area contributed by atoms with Gasteiger partial charge in [-0.15, -0.1) is 11.3 Å². The lowest BCUT2D eigenvalue weighted by atomic mass is 10.5. The van der Waals surface area contributed by atoms with E-state index in [1.165, 1.54) is 0 Å². The highest BCUT2D eigenvalue weighted by atomic mass is 35.5. The summed E-state index contributed by atoms with van der Waals surface area (Å²) in [5.74, 6) is 0. The van der Waals surface area contributed by atoms with Gasteiger partial charge in [-0.05, 0) is 0 Å². The van der Waals surface area contributed by atoms with Gasteiger partial charge in [-0.3, -0.25) is 14.7 Å². The van der Waals surface area contributed by atoms with Crippen LogP contribution >= 0.6 is 22.9 Å². The molecule has 6 nitrogen and oxygen atoms in total. The lowest BCUT2D eigenvalue weighted by molar-refractivity contribution is -0.384. The van der Waals surface area contributed by atoms with E-state index in [4.69, 9.17) is 16.2 Å². The van der Waals surface area contributed by atoms with Gasteiger partial charge in [0.25, 0.3) is 5.69 Å². The zero-order valence-electron chi connectivity index (χ0n) is 5.80. The summed E-state index contributed by atoms with van der Waals surface area (Å²) < 4.78 is 29.0. The number of rotatable bonds is 2. The van der Waals surface area contributed by atoms with Crippen molar-refractivity contribution in [2.24, 2.45) is 0 Å². The fourth-order valence-electron chi connectivity index (χ4n) is 0.615. The van der Waals surface area contributed by atoms with Crippen LogP contribution in [0.2, 0.25) is 5.02 Å². The summed E-state index contributed by atoms with van der Waals surface area (Å²) in [6.07, 6.45) is 0. The first-order valence-corrected chi connectivity index (χ1v) is 5.42. The standard InChI is InChI=1S/C4H2ClNO5S2/c5-3-2(6(7)8)1-12-4(3)13(9,10)11/h1H,(H,9,10,11). The van der Waals surface area contributed by atoms with Crippen molar-refractivity contribution in [3.8, 4) is 0 Å². The van der Waals surface area contributed by atoms with Crippen molar-refractivity contribution in [1.29, 1.82) is 0 Å². The predicted molar refractivity (Wildman–Crippen MR) is 45.8 cm³/mol. The second kappa shape index (κ2) is 3.22. The average molecular weight is 244 g/mol. The van der Waals surface area contributed by atoms with E-state index in [0.29, 0.717) is 11.3 Å². The molecule has 72 valence electrons. The zero-order chi connectivity index (χ0) is 10.2. The number of thiophene rings is 1. The molecular formula is C4H2ClNO5S2. The van der Waals surface area contributed by atoms with Crippen LogP contribution in [0.3, 0.4) is 0 Å². The normalized spacial score (nSPS) is 11.5. The Kier molecular flexibility index (Phi) is 2.57. The SMILES string of the molecule is O=[N+]([O-])c1csc(S(=O)(=O)O)c1Cl. The summed E-state index contributed by atoms with van der Waals surface area (Å²) in [4.78, 5) is 9.39. The summed E-state index contributed by atoms with van der Waals surface area (Å²) in [6, 6.07) is 0. The molecule has 1 aromatic heterocycles. The van der Waals surface area contributed by atoms with E-state index in [2.05, 4.69) is 0 Å². The van der Waals surface area contributed by atoms with Crippen LogP contribution in [0.5, 0.6) is 0 Å². The molecule has 0 spiro atoms. The molecule has 0 aliphatic heterocycles. The Bertz CT molecular complexity index is 449. The Balaban J connectivity index is 3.39. The zero-order valence-corrected chi connectivity index (χ0v) is 8.19. The van der Waals surface area contributed by atoms with Gasteiger partial charge in [0.15, 0.2) is 9.23 Å². The van der Waals surface area contributed by atoms with Crippen LogP contribution < -0.4 is 0 Å². The number of hydrogen-bond acceptors (Lipinski definition) is 5. The molecule has 0 radical (unpaired) electrons. The van der Waals surface area contributed by atoms with E-state index in [9.17, 15) is 18.5 Å². The maximum Gasteiger partial charge on any atom is 0.305 e. The minimum atomic E-state index is -4.46. The maximum absolute atomic E-state index is 10.5. The van der Waals surface area contributed by atoms with E-state index in [0.717, 1.165) is 5.38 Å². The van der Waals surface area contributed by atoms with Gasteiger partial charge >= 0.3 is 10.1 Å². The highest BCUT2D eigenvalue weighted by molar-refractivity contribution is 7.88. The van der Waals surface area contributed by atoms with Gasteiger partial charge in [-0.1, -0.05) is 11.6 Å². The highest BCUT2D eigenvalue weighted by Gasteiger charge is 2.26. The Morgan fingerprint density at radius 3 is 2.38 bits per heavy atom. The monoisotopic (exact) mass is 243 g/mol. The number of halogens is 1. The van der Waals surface area contributed by atoms with Crippen LogP contribution in [0.25, 0.3) is 0 Å². The molecule has 0 saturated heterocycles. The van der Waals surface area contributed by atoms with Crippen molar-refractivity contribution in [2.75, 3.05) is 0 Å². The minimum Gasteiger partial charge on any atom is -0.281 e. The molecule has 0 unspecified atom stereocenters. The molecule has 0 atom stereocenters. The molecule has 0 aromatic carbocycles. The second-order valence-electron chi connectivity index (χ2n) is 1.95. The van der Waals surface area contributed by atoms with Gasteiger partial charge in [0.05, 0.1) is 10.3 Å². The van der Waals surface area contributed by atoms with Gasteiger partial charge < -0.3 is 0 Å². The van der Waals surface area contributed by atoms with Crippen molar-refractivity contribution < 1.29 is 17.9 Å². The topological polar surface area (TPSA) is 97.5 Å². The highest BCUT2D eigenvalue weighted by Crippen LogP contribution is 2.36. The first kappa shape index (κ1) is 10.4. The van der Waals surface area contributed by atoms with Crippen molar-refractivity contribution in [3.63, 3.8) is 0 Å². The van der Waals surface area contributed by atoms with Crippen LogP contribution in [0.1, 0.15) is 0 Å². The number of nitro groups is 1. The van der Waals surface area contributed by atoms with E-state index < -0.39 is 30.0 Å².